The second-order valence-electron chi connectivity index (χ2n) is 7.10. The minimum Gasteiger partial charge on any atom is -0.482 e. The van der Waals surface area contributed by atoms with Gasteiger partial charge in [0, 0.05) is 41.6 Å². The molecule has 0 saturated heterocycles. The average Bonchev–Trinajstić information content (AvgIpc) is 3.10. The van der Waals surface area contributed by atoms with E-state index in [0.29, 0.717) is 16.3 Å². The van der Waals surface area contributed by atoms with Crippen LogP contribution in [-0.4, -0.2) is 33.0 Å². The Hall–Kier alpha value is -2.35. The van der Waals surface area contributed by atoms with Gasteiger partial charge in [-0.1, -0.05) is 23.2 Å². The fourth-order valence-electron chi connectivity index (χ4n) is 3.37. The number of halogens is 3. The van der Waals surface area contributed by atoms with Gasteiger partial charge in [0.05, 0.1) is 17.3 Å². The van der Waals surface area contributed by atoms with Crippen LogP contribution in [0.5, 0.6) is 5.75 Å². The van der Waals surface area contributed by atoms with Crippen LogP contribution >= 0.6 is 23.2 Å². The summed E-state index contributed by atoms with van der Waals surface area (Å²) >= 11 is 12.3. The van der Waals surface area contributed by atoms with Crippen LogP contribution in [-0.2, 0) is 13.1 Å². The molecule has 1 atom stereocenters. The second kappa shape index (κ2) is 7.82. The van der Waals surface area contributed by atoms with E-state index in [1.165, 1.54) is 12.1 Å². The van der Waals surface area contributed by atoms with Crippen LogP contribution in [0.1, 0.15) is 24.4 Å². The average molecular weight is 436 g/mol. The number of nitrogens with zero attached hydrogens (tertiary/aromatic N) is 4. The third-order valence-electron chi connectivity index (χ3n) is 4.96. The molecule has 0 saturated carbocycles. The van der Waals surface area contributed by atoms with Crippen LogP contribution in [0.25, 0.3) is 11.3 Å². The zero-order valence-electron chi connectivity index (χ0n) is 16.0. The highest BCUT2D eigenvalue weighted by Gasteiger charge is 2.21. The van der Waals surface area contributed by atoms with Crippen LogP contribution in [0.2, 0.25) is 10.0 Å². The summed E-state index contributed by atoms with van der Waals surface area (Å²) in [4.78, 5) is 11.2. The highest BCUT2D eigenvalue weighted by atomic mass is 35.5. The van der Waals surface area contributed by atoms with Crippen molar-refractivity contribution in [1.82, 2.24) is 19.4 Å². The van der Waals surface area contributed by atoms with E-state index in [9.17, 15) is 4.39 Å². The van der Waals surface area contributed by atoms with Crippen molar-refractivity contribution in [2.24, 2.45) is 0 Å². The van der Waals surface area contributed by atoms with Gasteiger partial charge in [0.15, 0.2) is 11.6 Å². The summed E-state index contributed by atoms with van der Waals surface area (Å²) < 4.78 is 22.0. The molecular formula is C20H20Cl2FN5O. The van der Waals surface area contributed by atoms with Gasteiger partial charge < -0.3 is 15.0 Å². The van der Waals surface area contributed by atoms with Crippen molar-refractivity contribution >= 4 is 29.0 Å². The van der Waals surface area contributed by atoms with E-state index in [2.05, 4.69) is 21.5 Å². The lowest BCUT2D eigenvalue weighted by Gasteiger charge is -2.22. The molecule has 29 heavy (non-hydrogen) atoms. The molecule has 152 valence electrons. The first kappa shape index (κ1) is 19.9. The Morgan fingerprint density at radius 2 is 2.07 bits per heavy atom. The fraction of sp³-hybridized carbons (Fsp3) is 0.300. The number of benzene rings is 1. The summed E-state index contributed by atoms with van der Waals surface area (Å²) in [7, 11) is 2.07. The van der Waals surface area contributed by atoms with Crippen LogP contribution in [0.15, 0.2) is 30.6 Å². The Balaban J connectivity index is 1.64. The van der Waals surface area contributed by atoms with E-state index in [0.717, 1.165) is 36.7 Å². The number of ether oxygens (including phenoxy) is 1. The predicted molar refractivity (Wildman–Crippen MR) is 112 cm³/mol. The van der Waals surface area contributed by atoms with Gasteiger partial charge in [0.2, 0.25) is 0 Å². The molecule has 3 heterocycles. The van der Waals surface area contributed by atoms with Crippen molar-refractivity contribution in [3.05, 3.63) is 57.8 Å². The number of anilines is 1. The van der Waals surface area contributed by atoms with Crippen LogP contribution < -0.4 is 10.5 Å². The van der Waals surface area contributed by atoms with Gasteiger partial charge in [-0.25, -0.2) is 14.4 Å². The van der Waals surface area contributed by atoms with Gasteiger partial charge in [-0.05, 0) is 32.2 Å². The number of fused-ring (bicyclic) bond motifs is 1. The Kier molecular flexibility index (Phi) is 5.38. The molecule has 9 heteroatoms. The molecule has 2 aromatic heterocycles. The molecule has 0 fully saturated rings. The summed E-state index contributed by atoms with van der Waals surface area (Å²) in [6.45, 7) is 4.38. The lowest BCUT2D eigenvalue weighted by Crippen LogP contribution is -2.30. The minimum absolute atomic E-state index is 0.0708. The molecule has 6 nitrogen and oxygen atoms in total. The van der Waals surface area contributed by atoms with E-state index in [1.54, 1.807) is 19.2 Å². The monoisotopic (exact) mass is 435 g/mol. The van der Waals surface area contributed by atoms with Gasteiger partial charge in [-0.15, -0.1) is 0 Å². The number of nitrogen functional groups attached to an aromatic ring is 1. The van der Waals surface area contributed by atoms with Gasteiger partial charge in [0.25, 0.3) is 0 Å². The first-order valence-corrected chi connectivity index (χ1v) is 9.89. The summed E-state index contributed by atoms with van der Waals surface area (Å²) in [5.74, 6) is 1.01. The molecule has 2 N–H and O–H groups in total. The normalized spacial score (nSPS) is 15.2. The maximum atomic E-state index is 13.9. The predicted octanol–water partition coefficient (Wildman–Crippen LogP) is 4.56. The molecular weight excluding hydrogens is 416 g/mol. The molecule has 1 aliphatic rings. The Morgan fingerprint density at radius 3 is 2.86 bits per heavy atom. The largest absolute Gasteiger partial charge is 0.482 e. The molecule has 1 aliphatic heterocycles. The van der Waals surface area contributed by atoms with E-state index in [4.69, 9.17) is 38.7 Å². The van der Waals surface area contributed by atoms with Crippen molar-refractivity contribution < 1.29 is 9.13 Å². The lowest BCUT2D eigenvalue weighted by molar-refractivity contribution is 0.227. The van der Waals surface area contributed by atoms with E-state index in [-0.39, 0.29) is 10.8 Å². The van der Waals surface area contributed by atoms with Gasteiger partial charge in [0.1, 0.15) is 17.7 Å². The molecule has 0 aliphatic carbocycles. The number of pyridine rings is 1. The lowest BCUT2D eigenvalue weighted by atomic mass is 10.1. The Labute approximate surface area is 178 Å². The zero-order valence-corrected chi connectivity index (χ0v) is 17.5. The second-order valence-corrected chi connectivity index (χ2v) is 7.88. The first-order valence-electron chi connectivity index (χ1n) is 9.14. The molecule has 0 unspecified atom stereocenters. The van der Waals surface area contributed by atoms with Crippen molar-refractivity contribution in [3.63, 3.8) is 0 Å². The standard InChI is InChI=1S/C20H20Cl2FN5O/c1-11(18-13(21)3-4-14(23)19(18)22)29-16-7-12(8-25-20(16)24)15-9-28-6-5-27(2)10-17(28)26-15/h3-4,7-9,11H,5-6,10H2,1-2H3,(H2,24,25)/t11-/m1/s1. The summed E-state index contributed by atoms with van der Waals surface area (Å²) in [5.41, 5.74) is 7.94. The quantitative estimate of drug-likeness (QED) is 0.608. The number of rotatable bonds is 4. The van der Waals surface area contributed by atoms with E-state index >= 15 is 0 Å². The SMILES string of the molecule is C[C@@H](Oc1cc(-c2cn3c(n2)CN(C)CC3)cnc1N)c1c(Cl)ccc(F)c1Cl. The molecule has 1 aromatic carbocycles. The highest BCUT2D eigenvalue weighted by Crippen LogP contribution is 2.37. The Bertz CT molecular complexity index is 1070. The third-order valence-corrected chi connectivity index (χ3v) is 5.67. The van der Waals surface area contributed by atoms with Crippen molar-refractivity contribution in [2.75, 3.05) is 19.3 Å². The van der Waals surface area contributed by atoms with Crippen molar-refractivity contribution in [1.29, 1.82) is 0 Å². The molecule has 0 spiro atoms. The number of likely N-dealkylation sites (N-methyl/N-ethyl adjacent to an activating group) is 1. The van der Waals surface area contributed by atoms with Crippen molar-refractivity contribution in [2.45, 2.75) is 26.1 Å². The maximum Gasteiger partial charge on any atom is 0.166 e. The van der Waals surface area contributed by atoms with Crippen LogP contribution in [0.4, 0.5) is 10.2 Å². The Morgan fingerprint density at radius 1 is 1.28 bits per heavy atom. The van der Waals surface area contributed by atoms with Gasteiger partial charge >= 0.3 is 0 Å². The van der Waals surface area contributed by atoms with E-state index < -0.39 is 11.9 Å². The molecule has 0 bridgehead atoms. The number of imidazole rings is 1. The van der Waals surface area contributed by atoms with Gasteiger partial charge in [-0.3, -0.25) is 4.90 Å². The third kappa shape index (κ3) is 3.90. The zero-order chi connectivity index (χ0) is 20.7. The first-order chi connectivity index (χ1) is 13.8. The fourth-order valence-corrected chi connectivity index (χ4v) is 4.04. The van der Waals surface area contributed by atoms with Crippen LogP contribution in [0.3, 0.4) is 0 Å². The number of hydrogen-bond acceptors (Lipinski definition) is 5. The van der Waals surface area contributed by atoms with Gasteiger partial charge in [-0.2, -0.15) is 0 Å². The van der Waals surface area contributed by atoms with E-state index in [1.807, 2.05) is 6.20 Å². The minimum atomic E-state index is -0.631. The molecule has 3 aromatic rings. The number of nitrogens with two attached hydrogens (primary N) is 1. The topological polar surface area (TPSA) is 69.2 Å². The number of hydrogen-bond donors (Lipinski definition) is 1. The summed E-state index contributed by atoms with van der Waals surface area (Å²) in [6.07, 6.45) is 3.03. The highest BCUT2D eigenvalue weighted by molar-refractivity contribution is 6.36. The summed E-state index contributed by atoms with van der Waals surface area (Å²) in [6, 6.07) is 4.44. The maximum absolute atomic E-state index is 13.9. The summed E-state index contributed by atoms with van der Waals surface area (Å²) in [5, 5.41) is 0.246. The number of aromatic nitrogens is 3. The molecule has 4 rings (SSSR count). The van der Waals surface area contributed by atoms with Crippen LogP contribution in [0, 0.1) is 5.82 Å². The van der Waals surface area contributed by atoms with Crippen molar-refractivity contribution in [3.8, 4) is 17.0 Å². The molecule has 0 radical (unpaired) electrons. The smallest absolute Gasteiger partial charge is 0.166 e. The molecule has 0 amide bonds.